The lowest BCUT2D eigenvalue weighted by molar-refractivity contribution is -0.385. The van der Waals surface area contributed by atoms with Gasteiger partial charge in [-0.05, 0) is 25.1 Å². The summed E-state index contributed by atoms with van der Waals surface area (Å²) in [6, 6.07) is 8.48. The summed E-state index contributed by atoms with van der Waals surface area (Å²) in [6.07, 6.45) is -6.66. The summed E-state index contributed by atoms with van der Waals surface area (Å²) in [4.78, 5) is 48.5. The lowest BCUT2D eigenvalue weighted by Gasteiger charge is -2.19. The molecule has 0 spiro atoms. The van der Waals surface area contributed by atoms with Gasteiger partial charge in [-0.3, -0.25) is 24.5 Å². The van der Waals surface area contributed by atoms with Crippen LogP contribution in [0.25, 0.3) is 0 Å². The van der Waals surface area contributed by atoms with E-state index in [0.29, 0.717) is 17.5 Å². The molecule has 13 heteroatoms. The molecule has 1 aliphatic heterocycles. The van der Waals surface area contributed by atoms with Gasteiger partial charge in [-0.25, -0.2) is 0 Å². The number of rotatable bonds is 7. The fourth-order valence-electron chi connectivity index (χ4n) is 3.44. The first kappa shape index (κ1) is 25.5. The number of carbonyl (C=O) groups is 3. The van der Waals surface area contributed by atoms with E-state index in [4.69, 9.17) is 9.47 Å². The monoisotopic (exact) mass is 495 g/mol. The Hall–Kier alpha value is -4.16. The maximum atomic E-state index is 13.3. The Morgan fingerprint density at radius 2 is 1.94 bits per heavy atom. The van der Waals surface area contributed by atoms with Crippen molar-refractivity contribution >= 4 is 34.8 Å². The number of nitrogens with zero attached hydrogens (tertiary/aromatic N) is 2. The van der Waals surface area contributed by atoms with Gasteiger partial charge in [-0.1, -0.05) is 6.07 Å². The molecule has 0 saturated carbocycles. The number of methoxy groups -OCH3 is 1. The van der Waals surface area contributed by atoms with Crippen LogP contribution < -0.4 is 15.0 Å². The molecule has 1 heterocycles. The predicted octanol–water partition coefficient (Wildman–Crippen LogP) is 3.55. The van der Waals surface area contributed by atoms with Crippen LogP contribution in [0.15, 0.2) is 42.5 Å². The van der Waals surface area contributed by atoms with Gasteiger partial charge in [0.25, 0.3) is 11.6 Å². The Morgan fingerprint density at radius 1 is 1.23 bits per heavy atom. The minimum absolute atomic E-state index is 0.0141. The van der Waals surface area contributed by atoms with Crippen LogP contribution in [-0.2, 0) is 25.3 Å². The molecule has 1 saturated heterocycles. The maximum absolute atomic E-state index is 13.3. The second-order valence-electron chi connectivity index (χ2n) is 7.66. The van der Waals surface area contributed by atoms with Crippen LogP contribution in [0.4, 0.5) is 30.2 Å². The van der Waals surface area contributed by atoms with E-state index in [-0.39, 0.29) is 18.9 Å². The lowest BCUT2D eigenvalue weighted by Crippen LogP contribution is -2.33. The number of carbonyl (C=O) groups excluding carboxylic acids is 3. The summed E-state index contributed by atoms with van der Waals surface area (Å²) in [5.74, 6) is -2.68. The third-order valence-electron chi connectivity index (χ3n) is 5.26. The van der Waals surface area contributed by atoms with Crippen molar-refractivity contribution in [2.24, 2.45) is 5.92 Å². The number of hydrogen-bond acceptors (Lipinski definition) is 7. The van der Waals surface area contributed by atoms with E-state index in [1.807, 2.05) is 5.32 Å². The summed E-state index contributed by atoms with van der Waals surface area (Å²) in [5.41, 5.74) is -2.44. The normalized spacial score (nSPS) is 16.5. The standard InChI is InChI=1S/C22H20F3N3O7/c1-12(20(30)26-18-7-6-15(28(32)33)10-17(18)22(23,24)25)35-21(31)13-8-19(29)27(11-13)14-4-3-5-16(9-14)34-2/h3-7,9-10,12-13H,8,11H2,1-2H3,(H,26,30). The van der Waals surface area contributed by atoms with Crippen molar-refractivity contribution in [3.05, 3.63) is 58.1 Å². The van der Waals surface area contributed by atoms with E-state index < -0.39 is 51.9 Å². The number of halogens is 3. The van der Waals surface area contributed by atoms with Crippen LogP contribution >= 0.6 is 0 Å². The van der Waals surface area contributed by atoms with Gasteiger partial charge < -0.3 is 19.7 Å². The topological polar surface area (TPSA) is 128 Å². The minimum atomic E-state index is -4.98. The predicted molar refractivity (Wildman–Crippen MR) is 116 cm³/mol. The van der Waals surface area contributed by atoms with Crippen molar-refractivity contribution in [2.75, 3.05) is 23.9 Å². The van der Waals surface area contributed by atoms with E-state index in [2.05, 4.69) is 0 Å². The number of nitrogens with one attached hydrogen (secondary N) is 1. The van der Waals surface area contributed by atoms with Crippen LogP contribution in [0.3, 0.4) is 0 Å². The maximum Gasteiger partial charge on any atom is 0.418 e. The van der Waals surface area contributed by atoms with Crippen molar-refractivity contribution < 1.29 is 42.0 Å². The first-order valence-electron chi connectivity index (χ1n) is 10.2. The van der Waals surface area contributed by atoms with Crippen molar-refractivity contribution in [1.82, 2.24) is 0 Å². The molecule has 3 rings (SSSR count). The van der Waals surface area contributed by atoms with Gasteiger partial charge in [0, 0.05) is 36.9 Å². The number of non-ortho nitro benzene ring substituents is 1. The molecule has 0 aromatic heterocycles. The van der Waals surface area contributed by atoms with E-state index in [1.165, 1.54) is 12.0 Å². The Labute approximate surface area is 196 Å². The highest BCUT2D eigenvalue weighted by Crippen LogP contribution is 2.37. The molecule has 0 aliphatic carbocycles. The number of esters is 1. The first-order valence-corrected chi connectivity index (χ1v) is 10.2. The molecule has 0 radical (unpaired) electrons. The van der Waals surface area contributed by atoms with Crippen LogP contribution in [0.2, 0.25) is 0 Å². The number of hydrogen-bond donors (Lipinski definition) is 1. The van der Waals surface area contributed by atoms with E-state index >= 15 is 0 Å². The Bertz CT molecular complexity index is 1170. The second-order valence-corrected chi connectivity index (χ2v) is 7.66. The number of nitro groups is 1. The number of anilines is 2. The molecular weight excluding hydrogens is 475 g/mol. The number of nitro benzene ring substituents is 1. The molecule has 2 aromatic carbocycles. The highest BCUT2D eigenvalue weighted by molar-refractivity contribution is 6.00. The van der Waals surface area contributed by atoms with Crippen molar-refractivity contribution in [3.63, 3.8) is 0 Å². The van der Waals surface area contributed by atoms with Crippen molar-refractivity contribution in [3.8, 4) is 5.75 Å². The molecule has 186 valence electrons. The van der Waals surface area contributed by atoms with Gasteiger partial charge in [0.15, 0.2) is 6.10 Å². The molecule has 1 N–H and O–H groups in total. The third kappa shape index (κ3) is 5.86. The summed E-state index contributed by atoms with van der Waals surface area (Å²) >= 11 is 0. The lowest BCUT2D eigenvalue weighted by atomic mass is 10.1. The van der Waals surface area contributed by atoms with Gasteiger partial charge in [0.1, 0.15) is 5.75 Å². The summed E-state index contributed by atoms with van der Waals surface area (Å²) in [5, 5.41) is 12.8. The van der Waals surface area contributed by atoms with Gasteiger partial charge in [-0.2, -0.15) is 13.2 Å². The number of ether oxygens (including phenoxy) is 2. The van der Waals surface area contributed by atoms with Crippen molar-refractivity contribution in [1.29, 1.82) is 0 Å². The van der Waals surface area contributed by atoms with Crippen LogP contribution in [0.5, 0.6) is 5.75 Å². The molecule has 10 nitrogen and oxygen atoms in total. The number of alkyl halides is 3. The van der Waals surface area contributed by atoms with Crippen LogP contribution in [-0.4, -0.2) is 42.5 Å². The second kappa shape index (κ2) is 9.99. The van der Waals surface area contributed by atoms with Gasteiger partial charge in [-0.15, -0.1) is 0 Å². The zero-order valence-corrected chi connectivity index (χ0v) is 18.5. The third-order valence-corrected chi connectivity index (χ3v) is 5.26. The quantitative estimate of drug-likeness (QED) is 0.353. The number of benzene rings is 2. The van der Waals surface area contributed by atoms with E-state index in [9.17, 15) is 37.7 Å². The summed E-state index contributed by atoms with van der Waals surface area (Å²) in [7, 11) is 1.46. The SMILES string of the molecule is COc1cccc(N2CC(C(=O)OC(C)C(=O)Nc3ccc([N+](=O)[O-])cc3C(F)(F)F)CC2=O)c1. The zero-order valence-electron chi connectivity index (χ0n) is 18.5. The first-order chi connectivity index (χ1) is 16.4. The summed E-state index contributed by atoms with van der Waals surface area (Å²) in [6.45, 7) is 1.14. The molecule has 1 fully saturated rings. The van der Waals surface area contributed by atoms with E-state index in [1.54, 1.807) is 24.3 Å². The molecule has 1 aliphatic rings. The van der Waals surface area contributed by atoms with Gasteiger partial charge in [0.05, 0.1) is 29.2 Å². The molecule has 0 bridgehead atoms. The Kier molecular flexibility index (Phi) is 7.27. The smallest absolute Gasteiger partial charge is 0.418 e. The summed E-state index contributed by atoms with van der Waals surface area (Å²) < 4.78 is 50.2. The molecule has 35 heavy (non-hydrogen) atoms. The average Bonchev–Trinajstić information content (AvgIpc) is 3.20. The molecule has 2 atom stereocenters. The van der Waals surface area contributed by atoms with Crippen LogP contribution in [0.1, 0.15) is 18.9 Å². The molecule has 2 unspecified atom stereocenters. The van der Waals surface area contributed by atoms with Gasteiger partial charge in [0.2, 0.25) is 5.91 Å². The van der Waals surface area contributed by atoms with Crippen molar-refractivity contribution in [2.45, 2.75) is 25.6 Å². The zero-order chi connectivity index (χ0) is 25.9. The van der Waals surface area contributed by atoms with E-state index in [0.717, 1.165) is 19.1 Å². The fourth-order valence-corrected chi connectivity index (χ4v) is 3.44. The Balaban J connectivity index is 1.66. The molecule has 2 aromatic rings. The number of amides is 2. The largest absolute Gasteiger partial charge is 0.497 e. The fraction of sp³-hybridized carbons (Fsp3) is 0.318. The average molecular weight is 495 g/mol. The minimum Gasteiger partial charge on any atom is -0.497 e. The molecule has 2 amide bonds. The van der Waals surface area contributed by atoms with Gasteiger partial charge >= 0.3 is 12.1 Å². The Morgan fingerprint density at radius 3 is 2.57 bits per heavy atom. The van der Waals surface area contributed by atoms with Crippen LogP contribution in [0, 0.1) is 16.0 Å². The highest BCUT2D eigenvalue weighted by atomic mass is 19.4. The highest BCUT2D eigenvalue weighted by Gasteiger charge is 2.38. The molecular formula is C22H20F3N3O7.